The first-order valence-electron chi connectivity index (χ1n) is 19.2. The number of benzene rings is 7. The van der Waals surface area contributed by atoms with Gasteiger partial charge in [0.25, 0.3) is 0 Å². The first kappa shape index (κ1) is 32.2. The number of anilines is 3. The molecule has 10 aromatic rings. The Morgan fingerprint density at radius 1 is 0.482 bits per heavy atom. The van der Waals surface area contributed by atoms with Crippen molar-refractivity contribution >= 4 is 49.8 Å². The molecule has 0 fully saturated rings. The molecule has 0 aliphatic heterocycles. The van der Waals surface area contributed by atoms with E-state index in [1.165, 1.54) is 49.4 Å². The molecule has 3 heterocycles. The van der Waals surface area contributed by atoms with Gasteiger partial charge in [0, 0.05) is 74.2 Å². The van der Waals surface area contributed by atoms with Gasteiger partial charge in [0.1, 0.15) is 0 Å². The Morgan fingerprint density at radius 2 is 1.12 bits per heavy atom. The van der Waals surface area contributed by atoms with E-state index >= 15 is 0 Å². The third-order valence-electron chi connectivity index (χ3n) is 11.6. The fourth-order valence-electron chi connectivity index (χ4n) is 8.93. The largest absolute Gasteiger partial charge is 0.317 e. The summed E-state index contributed by atoms with van der Waals surface area (Å²) in [7, 11) is 0. The number of hydrogen-bond donors (Lipinski definition) is 0. The Bertz CT molecular complexity index is 3090. The number of fused-ring (bicyclic) bond motifs is 7. The summed E-state index contributed by atoms with van der Waals surface area (Å²) in [6.45, 7) is 4.69. The zero-order valence-electron chi connectivity index (χ0n) is 31.1. The molecular formula is C51H37N5. The van der Waals surface area contributed by atoms with Crippen molar-refractivity contribution in [3.63, 3.8) is 0 Å². The number of para-hydroxylation sites is 2. The molecule has 0 N–H and O–H groups in total. The van der Waals surface area contributed by atoms with Crippen LogP contribution in [0.1, 0.15) is 25.0 Å². The maximum absolute atomic E-state index is 4.52. The minimum absolute atomic E-state index is 0.131. The van der Waals surface area contributed by atoms with Crippen molar-refractivity contribution in [1.29, 1.82) is 0 Å². The molecule has 266 valence electrons. The van der Waals surface area contributed by atoms with Crippen LogP contribution in [0.15, 0.2) is 188 Å². The van der Waals surface area contributed by atoms with Crippen LogP contribution in [0, 0.1) is 0 Å². The Morgan fingerprint density at radius 3 is 1.91 bits per heavy atom. The van der Waals surface area contributed by atoms with Crippen molar-refractivity contribution in [3.8, 4) is 33.9 Å². The van der Waals surface area contributed by atoms with Crippen molar-refractivity contribution < 1.29 is 0 Å². The molecule has 0 atom stereocenters. The standard InChI is InChI=1S/C51H37N5/c1-51(2)45-17-10-9-16-41(45)42-24-22-40(32-46(42)51)55(38-20-18-34(19-21-38)50-52-27-11-28-53-50)39-23-25-47-43(31-39)44-33-48-35(26-29-54(48)36-12-5-3-6-13-36)30-49(44)56(47)37-14-7-4-8-15-37/h3-33H,1-2H3. The number of nitrogens with zero attached hydrogens (tertiary/aromatic N) is 5. The van der Waals surface area contributed by atoms with Crippen molar-refractivity contribution in [2.75, 3.05) is 4.90 Å². The van der Waals surface area contributed by atoms with Gasteiger partial charge < -0.3 is 14.0 Å². The van der Waals surface area contributed by atoms with Crippen LogP contribution in [0.2, 0.25) is 0 Å². The summed E-state index contributed by atoms with van der Waals surface area (Å²) in [5.41, 5.74) is 15.2. The second-order valence-corrected chi connectivity index (χ2v) is 15.2. The second-order valence-electron chi connectivity index (χ2n) is 15.2. The van der Waals surface area contributed by atoms with Crippen LogP contribution in [0.5, 0.6) is 0 Å². The third kappa shape index (κ3) is 4.94. The molecule has 7 aromatic carbocycles. The minimum atomic E-state index is -0.131. The molecule has 5 nitrogen and oxygen atoms in total. The molecule has 1 aliphatic rings. The van der Waals surface area contributed by atoms with Gasteiger partial charge in [0.2, 0.25) is 0 Å². The lowest BCUT2D eigenvalue weighted by Crippen LogP contribution is -2.16. The van der Waals surface area contributed by atoms with Crippen LogP contribution in [0.25, 0.3) is 66.6 Å². The molecule has 0 amide bonds. The van der Waals surface area contributed by atoms with Gasteiger partial charge >= 0.3 is 0 Å². The van der Waals surface area contributed by atoms with Crippen molar-refractivity contribution in [2.45, 2.75) is 19.3 Å². The Kier molecular flexibility index (Phi) is 7.13. The topological polar surface area (TPSA) is 38.9 Å². The quantitative estimate of drug-likeness (QED) is 0.172. The lowest BCUT2D eigenvalue weighted by molar-refractivity contribution is 0.660. The third-order valence-corrected chi connectivity index (χ3v) is 11.6. The van der Waals surface area contributed by atoms with Crippen LogP contribution in [-0.4, -0.2) is 19.1 Å². The number of rotatable bonds is 6. The summed E-state index contributed by atoms with van der Waals surface area (Å²) >= 11 is 0. The second kappa shape index (κ2) is 12.4. The average molecular weight is 720 g/mol. The van der Waals surface area contributed by atoms with Crippen LogP contribution in [-0.2, 0) is 5.41 Å². The average Bonchev–Trinajstić information content (AvgIpc) is 3.89. The highest BCUT2D eigenvalue weighted by atomic mass is 15.1. The van der Waals surface area contributed by atoms with Gasteiger partial charge in [-0.1, -0.05) is 80.6 Å². The minimum Gasteiger partial charge on any atom is -0.317 e. The van der Waals surface area contributed by atoms with E-state index in [0.29, 0.717) is 5.82 Å². The molecular weight excluding hydrogens is 683 g/mol. The first-order chi connectivity index (χ1) is 27.5. The first-order valence-corrected chi connectivity index (χ1v) is 19.2. The summed E-state index contributed by atoms with van der Waals surface area (Å²) < 4.78 is 4.70. The van der Waals surface area contributed by atoms with E-state index in [1.54, 1.807) is 12.4 Å². The summed E-state index contributed by atoms with van der Waals surface area (Å²) in [6.07, 6.45) is 5.76. The Balaban J connectivity index is 1.15. The highest BCUT2D eigenvalue weighted by Gasteiger charge is 2.35. The smallest absolute Gasteiger partial charge is 0.159 e. The zero-order chi connectivity index (χ0) is 37.4. The lowest BCUT2D eigenvalue weighted by atomic mass is 9.82. The van der Waals surface area contributed by atoms with Gasteiger partial charge in [0.15, 0.2) is 5.82 Å². The van der Waals surface area contributed by atoms with E-state index in [4.69, 9.17) is 0 Å². The van der Waals surface area contributed by atoms with Crippen molar-refractivity contribution in [3.05, 3.63) is 200 Å². The molecule has 1 aliphatic carbocycles. The van der Waals surface area contributed by atoms with E-state index < -0.39 is 0 Å². The highest BCUT2D eigenvalue weighted by Crippen LogP contribution is 2.51. The summed E-state index contributed by atoms with van der Waals surface area (Å²) in [5.74, 6) is 0.712. The summed E-state index contributed by atoms with van der Waals surface area (Å²) in [6, 6.07) is 61.5. The summed E-state index contributed by atoms with van der Waals surface area (Å²) in [4.78, 5) is 11.4. The van der Waals surface area contributed by atoms with Crippen LogP contribution < -0.4 is 4.90 Å². The molecule has 0 saturated carbocycles. The van der Waals surface area contributed by atoms with Gasteiger partial charge in [-0.3, -0.25) is 0 Å². The fourth-order valence-corrected chi connectivity index (χ4v) is 8.93. The predicted octanol–water partition coefficient (Wildman–Crippen LogP) is 13.0. The van der Waals surface area contributed by atoms with E-state index in [-0.39, 0.29) is 5.41 Å². The fraction of sp³-hybridized carbons (Fsp3) is 0.0588. The molecule has 0 bridgehead atoms. The SMILES string of the molecule is CC1(C)c2ccccc2-c2ccc(N(c3ccc(-c4ncccn4)cc3)c3ccc4c(c3)c3cc5c(ccn5-c5ccccc5)cc3n4-c3ccccc3)cc21. The Hall–Kier alpha value is -7.24. The van der Waals surface area contributed by atoms with Crippen LogP contribution in [0.3, 0.4) is 0 Å². The highest BCUT2D eigenvalue weighted by molar-refractivity contribution is 6.14. The van der Waals surface area contributed by atoms with Crippen molar-refractivity contribution in [2.24, 2.45) is 0 Å². The number of hydrogen-bond acceptors (Lipinski definition) is 3. The zero-order valence-corrected chi connectivity index (χ0v) is 31.1. The lowest BCUT2D eigenvalue weighted by Gasteiger charge is -2.28. The molecule has 0 spiro atoms. The molecule has 5 heteroatoms. The van der Waals surface area contributed by atoms with E-state index in [2.05, 4.69) is 208 Å². The molecule has 11 rings (SSSR count). The van der Waals surface area contributed by atoms with Gasteiger partial charge in [-0.15, -0.1) is 0 Å². The molecule has 0 saturated heterocycles. The number of aromatic nitrogens is 4. The van der Waals surface area contributed by atoms with E-state index in [9.17, 15) is 0 Å². The van der Waals surface area contributed by atoms with Crippen LogP contribution in [0.4, 0.5) is 17.1 Å². The van der Waals surface area contributed by atoms with E-state index in [0.717, 1.165) is 39.5 Å². The molecule has 56 heavy (non-hydrogen) atoms. The van der Waals surface area contributed by atoms with Crippen molar-refractivity contribution in [1.82, 2.24) is 19.1 Å². The monoisotopic (exact) mass is 719 g/mol. The van der Waals surface area contributed by atoms with Gasteiger partial charge in [-0.05, 0) is 125 Å². The normalized spacial score (nSPS) is 13.0. The maximum Gasteiger partial charge on any atom is 0.159 e. The van der Waals surface area contributed by atoms with Gasteiger partial charge in [-0.25, -0.2) is 9.97 Å². The maximum atomic E-state index is 4.52. The van der Waals surface area contributed by atoms with Gasteiger partial charge in [-0.2, -0.15) is 0 Å². The Labute approximate surface area is 325 Å². The molecule has 0 unspecified atom stereocenters. The predicted molar refractivity (Wildman–Crippen MR) is 231 cm³/mol. The van der Waals surface area contributed by atoms with Crippen LogP contribution >= 0.6 is 0 Å². The molecule has 3 aromatic heterocycles. The van der Waals surface area contributed by atoms with Gasteiger partial charge in [0.05, 0.1) is 16.6 Å². The summed E-state index contributed by atoms with van der Waals surface area (Å²) in [5, 5.41) is 3.60. The molecule has 0 radical (unpaired) electrons. The van der Waals surface area contributed by atoms with E-state index in [1.807, 2.05) is 6.07 Å².